The summed E-state index contributed by atoms with van der Waals surface area (Å²) in [6, 6.07) is 17.0. The van der Waals surface area contributed by atoms with E-state index in [4.69, 9.17) is 4.42 Å². The van der Waals surface area contributed by atoms with E-state index in [0.29, 0.717) is 6.54 Å². The highest BCUT2D eigenvalue weighted by Crippen LogP contribution is 2.28. The van der Waals surface area contributed by atoms with E-state index in [9.17, 15) is 9.59 Å². The van der Waals surface area contributed by atoms with Gasteiger partial charge in [0.05, 0.1) is 6.67 Å². The third kappa shape index (κ3) is 3.27. The second kappa shape index (κ2) is 7.48. The number of urea groups is 1. The van der Waals surface area contributed by atoms with Crippen LogP contribution >= 0.6 is 0 Å². The molecule has 1 aromatic heterocycles. The highest BCUT2D eigenvalue weighted by Gasteiger charge is 2.37. The minimum absolute atomic E-state index is 0.0749. The number of para-hydroxylation sites is 2. The summed E-state index contributed by atoms with van der Waals surface area (Å²) in [5.41, 5.74) is 2.71. The van der Waals surface area contributed by atoms with E-state index >= 15 is 0 Å². The predicted octanol–water partition coefficient (Wildman–Crippen LogP) is 3.85. The summed E-state index contributed by atoms with van der Waals surface area (Å²) in [5, 5.41) is 1.08. The Hall–Kier alpha value is -3.12. The molecule has 0 radical (unpaired) electrons. The Balaban J connectivity index is 1.51. The van der Waals surface area contributed by atoms with Crippen LogP contribution in [0.4, 0.5) is 10.5 Å². The highest BCUT2D eigenvalue weighted by atomic mass is 16.3. The Morgan fingerprint density at radius 1 is 1.04 bits per heavy atom. The summed E-state index contributed by atoms with van der Waals surface area (Å²) < 4.78 is 5.95. The van der Waals surface area contributed by atoms with Crippen LogP contribution < -0.4 is 4.90 Å². The molecule has 3 amide bonds. The first-order valence-electron chi connectivity index (χ1n) is 9.43. The van der Waals surface area contributed by atoms with Gasteiger partial charge in [0.1, 0.15) is 17.9 Å². The number of amides is 3. The second-order valence-corrected chi connectivity index (χ2v) is 7.04. The molecule has 4 rings (SSSR count). The lowest BCUT2D eigenvalue weighted by atomic mass is 10.1. The number of imide groups is 1. The number of hydrogen-bond acceptors (Lipinski definition) is 4. The lowest BCUT2D eigenvalue weighted by Gasteiger charge is -2.23. The fourth-order valence-corrected chi connectivity index (χ4v) is 3.66. The van der Waals surface area contributed by atoms with Crippen molar-refractivity contribution in [2.75, 3.05) is 25.2 Å². The largest absolute Gasteiger partial charge is 0.461 e. The maximum atomic E-state index is 12.8. The van der Waals surface area contributed by atoms with Crippen LogP contribution in [0.15, 0.2) is 59.0 Å². The van der Waals surface area contributed by atoms with Gasteiger partial charge >= 0.3 is 6.03 Å². The zero-order valence-corrected chi connectivity index (χ0v) is 16.1. The van der Waals surface area contributed by atoms with Crippen molar-refractivity contribution < 1.29 is 14.0 Å². The molecule has 0 bridgehead atoms. The van der Waals surface area contributed by atoms with E-state index in [1.807, 2.05) is 66.5 Å². The highest BCUT2D eigenvalue weighted by molar-refractivity contribution is 6.12. The Labute approximate surface area is 163 Å². The first-order chi connectivity index (χ1) is 13.6. The van der Waals surface area contributed by atoms with E-state index in [1.54, 1.807) is 0 Å². The molecule has 0 spiro atoms. The molecule has 1 saturated heterocycles. The number of benzene rings is 2. The van der Waals surface area contributed by atoms with Gasteiger partial charge in [0.25, 0.3) is 5.91 Å². The lowest BCUT2D eigenvalue weighted by Crippen LogP contribution is -2.40. The predicted molar refractivity (Wildman–Crippen MR) is 108 cm³/mol. The van der Waals surface area contributed by atoms with Gasteiger partial charge < -0.3 is 4.42 Å². The molecule has 3 aromatic rings. The standard InChI is InChI=1S/C22H23N3O3/c1-3-19-18(17-11-7-8-12-20(17)28-19)13-23(2)15-25-21(26)14-24(22(25)27)16-9-5-4-6-10-16/h4-12H,3,13-15H2,1-2H3. The van der Waals surface area contributed by atoms with Crippen molar-refractivity contribution >= 4 is 28.6 Å². The zero-order chi connectivity index (χ0) is 19.7. The number of carbonyl (C=O) groups is 2. The van der Waals surface area contributed by atoms with Crippen LogP contribution in [0, 0.1) is 0 Å². The first-order valence-corrected chi connectivity index (χ1v) is 9.43. The van der Waals surface area contributed by atoms with Crippen molar-refractivity contribution in [1.82, 2.24) is 9.80 Å². The van der Waals surface area contributed by atoms with Crippen LogP contribution in [-0.2, 0) is 17.8 Å². The third-order valence-electron chi connectivity index (χ3n) is 5.04. The number of anilines is 1. The molecule has 0 aliphatic carbocycles. The van der Waals surface area contributed by atoms with Crippen molar-refractivity contribution in [2.45, 2.75) is 19.9 Å². The van der Waals surface area contributed by atoms with Gasteiger partial charge in [-0.25, -0.2) is 9.69 Å². The lowest BCUT2D eigenvalue weighted by molar-refractivity contribution is -0.126. The molecule has 0 atom stereocenters. The van der Waals surface area contributed by atoms with Crippen molar-refractivity contribution in [1.29, 1.82) is 0 Å². The Morgan fingerprint density at radius 3 is 2.50 bits per heavy atom. The second-order valence-electron chi connectivity index (χ2n) is 7.04. The van der Waals surface area contributed by atoms with E-state index in [0.717, 1.165) is 34.4 Å². The van der Waals surface area contributed by atoms with Crippen LogP contribution in [0.25, 0.3) is 11.0 Å². The molecule has 0 N–H and O–H groups in total. The van der Waals surface area contributed by atoms with Crippen LogP contribution in [0.3, 0.4) is 0 Å². The number of carbonyl (C=O) groups excluding carboxylic acids is 2. The number of aryl methyl sites for hydroxylation is 1. The summed E-state index contributed by atoms with van der Waals surface area (Å²) >= 11 is 0. The molecule has 6 nitrogen and oxygen atoms in total. The molecule has 0 unspecified atom stereocenters. The van der Waals surface area contributed by atoms with E-state index in [-0.39, 0.29) is 25.2 Å². The number of nitrogens with zero attached hydrogens (tertiary/aromatic N) is 3. The first kappa shape index (κ1) is 18.3. The van der Waals surface area contributed by atoms with Crippen molar-refractivity contribution in [3.05, 3.63) is 65.9 Å². The summed E-state index contributed by atoms with van der Waals surface area (Å²) in [4.78, 5) is 30.0. The molecule has 144 valence electrons. The number of furan rings is 1. The zero-order valence-electron chi connectivity index (χ0n) is 16.1. The number of rotatable bonds is 6. The fraction of sp³-hybridized carbons (Fsp3) is 0.273. The topological polar surface area (TPSA) is 57.0 Å². The van der Waals surface area contributed by atoms with Crippen molar-refractivity contribution in [3.63, 3.8) is 0 Å². The maximum Gasteiger partial charge on any atom is 0.332 e. The smallest absolute Gasteiger partial charge is 0.332 e. The summed E-state index contributed by atoms with van der Waals surface area (Å²) in [6.07, 6.45) is 0.793. The van der Waals surface area contributed by atoms with Gasteiger partial charge in [-0.3, -0.25) is 14.6 Å². The minimum atomic E-state index is -0.282. The van der Waals surface area contributed by atoms with E-state index in [1.165, 1.54) is 9.80 Å². The molecule has 28 heavy (non-hydrogen) atoms. The van der Waals surface area contributed by atoms with Gasteiger partial charge in [-0.05, 0) is 25.2 Å². The van der Waals surface area contributed by atoms with Gasteiger partial charge in [0.15, 0.2) is 0 Å². The van der Waals surface area contributed by atoms with Gasteiger partial charge in [-0.2, -0.15) is 0 Å². The average molecular weight is 377 g/mol. The van der Waals surface area contributed by atoms with Gasteiger partial charge in [-0.15, -0.1) is 0 Å². The molecule has 2 aromatic carbocycles. The van der Waals surface area contributed by atoms with Crippen molar-refractivity contribution in [2.24, 2.45) is 0 Å². The third-order valence-corrected chi connectivity index (χ3v) is 5.04. The van der Waals surface area contributed by atoms with E-state index in [2.05, 4.69) is 6.92 Å². The van der Waals surface area contributed by atoms with Crippen LogP contribution in [-0.4, -0.2) is 42.0 Å². The average Bonchev–Trinajstić information content (AvgIpc) is 3.21. The number of hydrogen-bond donors (Lipinski definition) is 0. The van der Waals surface area contributed by atoms with Crippen LogP contribution in [0.1, 0.15) is 18.2 Å². The van der Waals surface area contributed by atoms with E-state index < -0.39 is 0 Å². The Morgan fingerprint density at radius 2 is 1.75 bits per heavy atom. The number of fused-ring (bicyclic) bond motifs is 1. The summed E-state index contributed by atoms with van der Waals surface area (Å²) in [6.45, 7) is 2.98. The quantitative estimate of drug-likeness (QED) is 0.612. The summed E-state index contributed by atoms with van der Waals surface area (Å²) in [7, 11) is 1.91. The van der Waals surface area contributed by atoms with Gasteiger partial charge in [0.2, 0.25) is 0 Å². The molecular weight excluding hydrogens is 354 g/mol. The van der Waals surface area contributed by atoms with Crippen molar-refractivity contribution in [3.8, 4) is 0 Å². The maximum absolute atomic E-state index is 12.8. The van der Waals surface area contributed by atoms with Gasteiger partial charge in [-0.1, -0.05) is 43.3 Å². The molecule has 1 aliphatic heterocycles. The molecular formula is C22H23N3O3. The fourth-order valence-electron chi connectivity index (χ4n) is 3.66. The Kier molecular flexibility index (Phi) is 4.88. The Bertz CT molecular complexity index is 1010. The molecule has 2 heterocycles. The minimum Gasteiger partial charge on any atom is -0.461 e. The summed E-state index contributed by atoms with van der Waals surface area (Å²) in [5.74, 6) is 0.756. The molecule has 1 aliphatic rings. The molecule has 6 heteroatoms. The normalized spacial score (nSPS) is 14.7. The molecule has 0 saturated carbocycles. The van der Waals surface area contributed by atoms with Crippen LogP contribution in [0.5, 0.6) is 0 Å². The molecule has 1 fully saturated rings. The monoisotopic (exact) mass is 377 g/mol. The van der Waals surface area contributed by atoms with Crippen LogP contribution in [0.2, 0.25) is 0 Å². The SMILES string of the molecule is CCc1oc2ccccc2c1CN(C)CN1C(=O)CN(c2ccccc2)C1=O. The van der Waals surface area contributed by atoms with Gasteiger partial charge in [0, 0.05) is 29.6 Å².